The third kappa shape index (κ3) is 3.96. The van der Waals surface area contributed by atoms with Crippen LogP contribution in [-0.4, -0.2) is 28.7 Å². The van der Waals surface area contributed by atoms with Gasteiger partial charge in [0.05, 0.1) is 21.5 Å². The lowest BCUT2D eigenvalue weighted by atomic mass is 10.2. The van der Waals surface area contributed by atoms with Gasteiger partial charge in [0.1, 0.15) is 23.6 Å². The minimum atomic E-state index is -0.850. The first kappa shape index (κ1) is 19.3. The fraction of sp³-hybridized carbons (Fsp3) is 0.235. The first-order valence-corrected chi connectivity index (χ1v) is 10.0. The zero-order chi connectivity index (χ0) is 19.4. The number of fused-ring (bicyclic) bond motifs is 1. The Morgan fingerprint density at radius 1 is 1.30 bits per heavy atom. The van der Waals surface area contributed by atoms with Gasteiger partial charge in [0.15, 0.2) is 5.82 Å². The Kier molecular flexibility index (Phi) is 6.07. The van der Waals surface area contributed by atoms with E-state index in [9.17, 15) is 13.6 Å². The van der Waals surface area contributed by atoms with Gasteiger partial charge in [-0.25, -0.2) is 18.7 Å². The van der Waals surface area contributed by atoms with Crippen LogP contribution in [-0.2, 0) is 0 Å². The van der Waals surface area contributed by atoms with Crippen molar-refractivity contribution in [2.75, 3.05) is 28.2 Å². The van der Waals surface area contributed by atoms with E-state index < -0.39 is 23.2 Å². The molecule has 2 aromatic heterocycles. The molecule has 27 heavy (non-hydrogen) atoms. The molecule has 0 aliphatic heterocycles. The van der Waals surface area contributed by atoms with Crippen LogP contribution in [0.3, 0.4) is 0 Å². The van der Waals surface area contributed by atoms with E-state index in [2.05, 4.69) is 25.3 Å². The van der Waals surface area contributed by atoms with E-state index in [0.29, 0.717) is 16.0 Å². The van der Waals surface area contributed by atoms with Crippen LogP contribution in [0.1, 0.15) is 23.7 Å². The summed E-state index contributed by atoms with van der Waals surface area (Å²) >= 11 is 2.59. The molecule has 0 aliphatic carbocycles. The monoisotopic (exact) mass is 409 g/mol. The summed E-state index contributed by atoms with van der Waals surface area (Å²) in [6.45, 7) is 2.00. The van der Waals surface area contributed by atoms with Crippen LogP contribution in [0.15, 0.2) is 23.8 Å². The summed E-state index contributed by atoms with van der Waals surface area (Å²) < 4.78 is 32.3. The van der Waals surface area contributed by atoms with Crippen molar-refractivity contribution < 1.29 is 13.6 Å². The molecule has 0 aliphatic rings. The quantitative estimate of drug-likeness (QED) is 0.387. The Balaban J connectivity index is 1.89. The van der Waals surface area contributed by atoms with E-state index >= 15 is 0 Å². The Hall–Kier alpha value is -2.46. The average molecular weight is 409 g/mol. The molecule has 142 valence electrons. The van der Waals surface area contributed by atoms with E-state index in [0.717, 1.165) is 18.2 Å². The molecule has 0 saturated carbocycles. The standard InChI is InChI=1S/C17H17F2N5OS2/c1-3-6-27-24-11-5-4-10(18)14(12(11)19)23-17(25)9-7-26-15-13(9)21-8-22-16(15)20-2/h4-5,7-8,24H,3,6H2,1-2H3,(H,23,25)(H,20,21,22). The molecule has 0 atom stereocenters. The third-order valence-corrected chi connectivity index (χ3v) is 5.61. The minimum Gasteiger partial charge on any atom is -0.372 e. The molecule has 3 N–H and O–H groups in total. The summed E-state index contributed by atoms with van der Waals surface area (Å²) in [5.41, 5.74) is 0.265. The molecule has 0 bridgehead atoms. The number of rotatable bonds is 7. The van der Waals surface area contributed by atoms with Gasteiger partial charge in [-0.2, -0.15) is 0 Å². The average Bonchev–Trinajstić information content (AvgIpc) is 3.11. The SMILES string of the molecule is CCCSNc1ccc(F)c(NC(=O)c2csc3c(NC)ncnc23)c1F. The summed E-state index contributed by atoms with van der Waals surface area (Å²) in [4.78, 5) is 20.8. The minimum absolute atomic E-state index is 0.111. The van der Waals surface area contributed by atoms with Crippen LogP contribution >= 0.6 is 23.3 Å². The highest BCUT2D eigenvalue weighted by Crippen LogP contribution is 2.31. The predicted octanol–water partition coefficient (Wildman–Crippen LogP) is 4.73. The number of halogens is 2. The smallest absolute Gasteiger partial charge is 0.258 e. The number of aromatic nitrogens is 2. The van der Waals surface area contributed by atoms with Crippen molar-refractivity contribution in [2.24, 2.45) is 0 Å². The number of nitrogens with zero attached hydrogens (tertiary/aromatic N) is 2. The predicted molar refractivity (Wildman–Crippen MR) is 108 cm³/mol. The van der Waals surface area contributed by atoms with Crippen molar-refractivity contribution in [3.05, 3.63) is 41.0 Å². The van der Waals surface area contributed by atoms with Crippen molar-refractivity contribution >= 4 is 56.6 Å². The Bertz CT molecular complexity index is 979. The number of benzene rings is 1. The van der Waals surface area contributed by atoms with Crippen LogP contribution in [0.25, 0.3) is 10.2 Å². The highest BCUT2D eigenvalue weighted by molar-refractivity contribution is 8.00. The summed E-state index contributed by atoms with van der Waals surface area (Å²) in [7, 11) is 1.71. The number of carbonyl (C=O) groups excluding carboxylic acids is 1. The van der Waals surface area contributed by atoms with Gasteiger partial charge in [0, 0.05) is 18.2 Å². The number of nitrogens with one attached hydrogen (secondary N) is 3. The Labute approximate surface area is 162 Å². The van der Waals surface area contributed by atoms with Crippen molar-refractivity contribution in [1.29, 1.82) is 0 Å². The first-order valence-electron chi connectivity index (χ1n) is 8.13. The van der Waals surface area contributed by atoms with Crippen LogP contribution in [0.4, 0.5) is 26.0 Å². The van der Waals surface area contributed by atoms with Gasteiger partial charge in [0.2, 0.25) is 0 Å². The lowest BCUT2D eigenvalue weighted by Crippen LogP contribution is -2.15. The van der Waals surface area contributed by atoms with Gasteiger partial charge in [-0.1, -0.05) is 18.9 Å². The summed E-state index contributed by atoms with van der Waals surface area (Å²) in [6.07, 6.45) is 2.24. The topological polar surface area (TPSA) is 78.9 Å². The summed E-state index contributed by atoms with van der Waals surface area (Å²) in [5, 5.41) is 6.84. The Morgan fingerprint density at radius 3 is 2.85 bits per heavy atom. The van der Waals surface area contributed by atoms with E-state index in [1.807, 2.05) is 6.92 Å². The van der Waals surface area contributed by atoms with Gasteiger partial charge in [-0.15, -0.1) is 11.3 Å². The van der Waals surface area contributed by atoms with Crippen molar-refractivity contribution in [3.8, 4) is 0 Å². The summed E-state index contributed by atoms with van der Waals surface area (Å²) in [6, 6.07) is 2.41. The number of anilines is 3. The van der Waals surface area contributed by atoms with Gasteiger partial charge >= 0.3 is 0 Å². The van der Waals surface area contributed by atoms with Crippen LogP contribution < -0.4 is 15.4 Å². The summed E-state index contributed by atoms with van der Waals surface area (Å²) in [5.74, 6) is -0.986. The molecule has 1 amide bonds. The lowest BCUT2D eigenvalue weighted by molar-refractivity contribution is 0.102. The number of carbonyl (C=O) groups is 1. The van der Waals surface area contributed by atoms with Gasteiger partial charge < -0.3 is 15.4 Å². The van der Waals surface area contributed by atoms with Gasteiger partial charge in [-0.05, 0) is 18.6 Å². The van der Waals surface area contributed by atoms with Gasteiger partial charge in [0.25, 0.3) is 5.91 Å². The first-order chi connectivity index (χ1) is 13.1. The molecule has 0 unspecified atom stereocenters. The number of thiophene rings is 1. The number of hydrogen-bond donors (Lipinski definition) is 3. The fourth-order valence-corrected chi connectivity index (χ4v) is 3.96. The fourth-order valence-electron chi connectivity index (χ4n) is 2.35. The molecule has 0 fully saturated rings. The van der Waals surface area contributed by atoms with Crippen molar-refractivity contribution in [1.82, 2.24) is 9.97 Å². The maximum atomic E-state index is 14.6. The Morgan fingerprint density at radius 2 is 2.11 bits per heavy atom. The van der Waals surface area contributed by atoms with E-state index in [4.69, 9.17) is 0 Å². The molecular formula is C17H17F2N5OS2. The van der Waals surface area contributed by atoms with Crippen LogP contribution in [0.5, 0.6) is 0 Å². The molecule has 3 rings (SSSR count). The number of amides is 1. The molecular weight excluding hydrogens is 392 g/mol. The number of hydrogen-bond acceptors (Lipinski definition) is 7. The van der Waals surface area contributed by atoms with Crippen molar-refractivity contribution in [3.63, 3.8) is 0 Å². The van der Waals surface area contributed by atoms with Crippen molar-refractivity contribution in [2.45, 2.75) is 13.3 Å². The molecule has 0 radical (unpaired) electrons. The molecule has 1 aromatic carbocycles. The van der Waals surface area contributed by atoms with E-state index in [1.165, 1.54) is 35.7 Å². The van der Waals surface area contributed by atoms with Crippen LogP contribution in [0.2, 0.25) is 0 Å². The zero-order valence-electron chi connectivity index (χ0n) is 14.6. The normalized spacial score (nSPS) is 10.8. The largest absolute Gasteiger partial charge is 0.372 e. The van der Waals surface area contributed by atoms with E-state index in [-0.39, 0.29) is 11.3 Å². The highest BCUT2D eigenvalue weighted by atomic mass is 32.2. The van der Waals surface area contributed by atoms with Gasteiger partial charge in [-0.3, -0.25) is 4.79 Å². The second kappa shape index (κ2) is 8.49. The molecule has 6 nitrogen and oxygen atoms in total. The van der Waals surface area contributed by atoms with E-state index in [1.54, 1.807) is 12.4 Å². The molecule has 0 spiro atoms. The van der Waals surface area contributed by atoms with Crippen LogP contribution in [0, 0.1) is 11.6 Å². The molecule has 2 heterocycles. The molecule has 10 heteroatoms. The molecule has 0 saturated heterocycles. The zero-order valence-corrected chi connectivity index (χ0v) is 16.2. The second-order valence-electron chi connectivity index (χ2n) is 5.49. The third-order valence-electron chi connectivity index (χ3n) is 3.65. The maximum Gasteiger partial charge on any atom is 0.258 e. The lowest BCUT2D eigenvalue weighted by Gasteiger charge is -2.12. The highest BCUT2D eigenvalue weighted by Gasteiger charge is 2.20. The second-order valence-corrected chi connectivity index (χ2v) is 7.27. The maximum absolute atomic E-state index is 14.6. The molecule has 3 aromatic rings.